The van der Waals surface area contributed by atoms with Crippen molar-refractivity contribution in [1.82, 2.24) is 14.5 Å². The lowest BCUT2D eigenvalue weighted by molar-refractivity contribution is 0.302. The largest absolute Gasteiger partial charge is 0.487 e. The van der Waals surface area contributed by atoms with Gasteiger partial charge in [-0.05, 0) is 47.0 Å². The topological polar surface area (TPSA) is 57.0 Å². The third-order valence-corrected chi connectivity index (χ3v) is 5.54. The van der Waals surface area contributed by atoms with Crippen LogP contribution in [0.25, 0.3) is 22.6 Å². The highest BCUT2D eigenvalue weighted by atomic mass is 16.5. The van der Waals surface area contributed by atoms with Crippen LogP contribution in [-0.2, 0) is 13.2 Å². The number of rotatable bonds is 7. The molecule has 5 nitrogen and oxygen atoms in total. The van der Waals surface area contributed by atoms with Gasteiger partial charge in [0, 0.05) is 17.6 Å². The number of para-hydroxylation sites is 1. The second-order valence-corrected chi connectivity index (χ2v) is 7.94. The maximum atomic E-state index is 12.3. The van der Waals surface area contributed by atoms with Crippen molar-refractivity contribution >= 4 is 22.6 Å². The molecule has 5 heteroatoms. The van der Waals surface area contributed by atoms with Crippen LogP contribution < -0.4 is 10.3 Å². The average molecular weight is 446 g/mol. The van der Waals surface area contributed by atoms with E-state index in [0.29, 0.717) is 13.2 Å². The van der Waals surface area contributed by atoms with E-state index in [9.17, 15) is 4.79 Å². The minimum atomic E-state index is -0.0863. The van der Waals surface area contributed by atoms with Crippen LogP contribution in [0.4, 0.5) is 0 Å². The summed E-state index contributed by atoms with van der Waals surface area (Å²) < 4.78 is 7.59. The SMILES string of the molecule is O=c1ccncn1CC(=Cc1ccccc1)c1ccc(OCc2ccc3ccccc3n2)cc1. The molecule has 34 heavy (non-hydrogen) atoms. The monoisotopic (exact) mass is 445 g/mol. The van der Waals surface area contributed by atoms with Gasteiger partial charge in [0.15, 0.2) is 0 Å². The molecule has 0 spiro atoms. The number of allylic oxidation sites excluding steroid dienone is 1. The Balaban J connectivity index is 1.36. The van der Waals surface area contributed by atoms with E-state index in [1.807, 2.05) is 84.9 Å². The first-order chi connectivity index (χ1) is 16.7. The molecule has 0 aliphatic heterocycles. The lowest BCUT2D eigenvalue weighted by Crippen LogP contribution is -2.19. The zero-order valence-electron chi connectivity index (χ0n) is 18.5. The second kappa shape index (κ2) is 9.96. The summed E-state index contributed by atoms with van der Waals surface area (Å²) >= 11 is 0. The smallest absolute Gasteiger partial charge is 0.253 e. The summed E-state index contributed by atoms with van der Waals surface area (Å²) in [5.74, 6) is 0.760. The molecule has 3 aromatic carbocycles. The molecule has 0 fully saturated rings. The van der Waals surface area contributed by atoms with Gasteiger partial charge in [0.25, 0.3) is 5.56 Å². The van der Waals surface area contributed by atoms with E-state index in [4.69, 9.17) is 4.74 Å². The Labute approximate surface area is 197 Å². The van der Waals surface area contributed by atoms with Crippen LogP contribution in [0.2, 0.25) is 0 Å². The molecular weight excluding hydrogens is 422 g/mol. The number of nitrogens with zero attached hydrogens (tertiary/aromatic N) is 3. The first-order valence-electron chi connectivity index (χ1n) is 11.1. The Morgan fingerprint density at radius 3 is 2.47 bits per heavy atom. The molecule has 0 amide bonds. The number of aromatic nitrogens is 3. The van der Waals surface area contributed by atoms with Gasteiger partial charge in [-0.15, -0.1) is 0 Å². The predicted molar refractivity (Wildman–Crippen MR) is 135 cm³/mol. The summed E-state index contributed by atoms with van der Waals surface area (Å²) in [5, 5.41) is 1.11. The Bertz CT molecular complexity index is 1490. The molecule has 0 atom stereocenters. The molecule has 0 aliphatic rings. The van der Waals surface area contributed by atoms with Crippen LogP contribution in [-0.4, -0.2) is 14.5 Å². The van der Waals surface area contributed by atoms with Gasteiger partial charge < -0.3 is 4.74 Å². The van der Waals surface area contributed by atoms with Crippen molar-refractivity contribution in [3.63, 3.8) is 0 Å². The van der Waals surface area contributed by atoms with Gasteiger partial charge in [-0.1, -0.05) is 66.7 Å². The first-order valence-corrected chi connectivity index (χ1v) is 11.1. The van der Waals surface area contributed by atoms with E-state index in [2.05, 4.69) is 22.1 Å². The number of ether oxygens (including phenoxy) is 1. The highest BCUT2D eigenvalue weighted by Crippen LogP contribution is 2.23. The van der Waals surface area contributed by atoms with Crippen molar-refractivity contribution in [2.75, 3.05) is 0 Å². The standard InChI is InChI=1S/C29H23N3O2/c33-29-16-17-30-21-32(29)19-25(18-22-6-2-1-3-7-22)23-11-14-27(15-12-23)34-20-26-13-10-24-8-4-5-9-28(24)31-26/h1-18,21H,19-20H2. The molecule has 0 N–H and O–H groups in total. The van der Waals surface area contributed by atoms with Crippen molar-refractivity contribution in [1.29, 1.82) is 0 Å². The Morgan fingerprint density at radius 1 is 0.853 bits per heavy atom. The molecule has 0 bridgehead atoms. The molecule has 5 rings (SSSR count). The summed E-state index contributed by atoms with van der Waals surface area (Å²) in [4.78, 5) is 21.0. The van der Waals surface area contributed by atoms with E-state index < -0.39 is 0 Å². The maximum absolute atomic E-state index is 12.3. The third kappa shape index (κ3) is 5.10. The quantitative estimate of drug-likeness (QED) is 0.306. The Hall–Kier alpha value is -4.51. The summed E-state index contributed by atoms with van der Waals surface area (Å²) in [7, 11) is 0. The van der Waals surface area contributed by atoms with Crippen molar-refractivity contribution in [2.45, 2.75) is 13.2 Å². The number of pyridine rings is 1. The van der Waals surface area contributed by atoms with Gasteiger partial charge in [0.05, 0.1) is 24.1 Å². The van der Waals surface area contributed by atoms with Crippen LogP contribution in [0.15, 0.2) is 114 Å². The van der Waals surface area contributed by atoms with Crippen LogP contribution in [0.1, 0.15) is 16.8 Å². The molecular formula is C29H23N3O2. The van der Waals surface area contributed by atoms with Gasteiger partial charge in [-0.3, -0.25) is 9.36 Å². The van der Waals surface area contributed by atoms with E-state index in [1.165, 1.54) is 12.3 Å². The fourth-order valence-electron chi connectivity index (χ4n) is 3.76. The highest BCUT2D eigenvalue weighted by Gasteiger charge is 2.07. The molecule has 0 radical (unpaired) electrons. The Kier molecular flexibility index (Phi) is 6.25. The molecule has 0 aliphatic carbocycles. The minimum Gasteiger partial charge on any atom is -0.487 e. The minimum absolute atomic E-state index is 0.0863. The van der Waals surface area contributed by atoms with Gasteiger partial charge in [-0.25, -0.2) is 9.97 Å². The second-order valence-electron chi connectivity index (χ2n) is 7.94. The molecule has 166 valence electrons. The normalized spacial score (nSPS) is 11.5. The van der Waals surface area contributed by atoms with E-state index in [0.717, 1.165) is 39.0 Å². The van der Waals surface area contributed by atoms with Gasteiger partial charge in [-0.2, -0.15) is 0 Å². The maximum Gasteiger partial charge on any atom is 0.253 e. The summed E-state index contributed by atoms with van der Waals surface area (Å²) in [6, 6.07) is 31.5. The number of hydrogen-bond donors (Lipinski definition) is 0. The number of hydrogen-bond acceptors (Lipinski definition) is 4. The molecule has 0 saturated heterocycles. The van der Waals surface area contributed by atoms with Crippen molar-refractivity contribution in [3.05, 3.63) is 137 Å². The summed E-state index contributed by atoms with van der Waals surface area (Å²) in [5.41, 5.74) is 4.83. The molecule has 5 aromatic rings. The summed E-state index contributed by atoms with van der Waals surface area (Å²) in [6.45, 7) is 0.810. The third-order valence-electron chi connectivity index (χ3n) is 5.54. The van der Waals surface area contributed by atoms with Gasteiger partial charge in [0.2, 0.25) is 0 Å². The van der Waals surface area contributed by atoms with Gasteiger partial charge >= 0.3 is 0 Å². The zero-order valence-corrected chi connectivity index (χ0v) is 18.5. The first kappa shape index (κ1) is 21.3. The fraction of sp³-hybridized carbons (Fsp3) is 0.0690. The van der Waals surface area contributed by atoms with Crippen LogP contribution in [0, 0.1) is 0 Å². The fourth-order valence-corrected chi connectivity index (χ4v) is 3.76. The Morgan fingerprint density at radius 2 is 1.65 bits per heavy atom. The van der Waals surface area contributed by atoms with Crippen LogP contribution in [0.3, 0.4) is 0 Å². The number of benzene rings is 3. The van der Waals surface area contributed by atoms with Crippen molar-refractivity contribution < 1.29 is 4.74 Å². The molecule has 2 aromatic heterocycles. The summed E-state index contributed by atoms with van der Waals surface area (Å²) in [6.07, 6.45) is 5.17. The molecule has 0 saturated carbocycles. The lowest BCUT2D eigenvalue weighted by Gasteiger charge is -2.12. The highest BCUT2D eigenvalue weighted by molar-refractivity contribution is 5.81. The van der Waals surface area contributed by atoms with Crippen molar-refractivity contribution in [3.8, 4) is 5.75 Å². The van der Waals surface area contributed by atoms with Gasteiger partial charge in [0.1, 0.15) is 12.4 Å². The van der Waals surface area contributed by atoms with Crippen molar-refractivity contribution in [2.24, 2.45) is 0 Å². The van der Waals surface area contributed by atoms with E-state index in [1.54, 1.807) is 10.9 Å². The average Bonchev–Trinajstić information content (AvgIpc) is 2.89. The zero-order chi connectivity index (χ0) is 23.2. The number of fused-ring (bicyclic) bond motifs is 1. The molecule has 2 heterocycles. The molecule has 0 unspecified atom stereocenters. The lowest BCUT2D eigenvalue weighted by atomic mass is 10.0. The van der Waals surface area contributed by atoms with Crippen LogP contribution >= 0.6 is 0 Å². The van der Waals surface area contributed by atoms with E-state index >= 15 is 0 Å². The predicted octanol–water partition coefficient (Wildman–Crippen LogP) is 5.61. The van der Waals surface area contributed by atoms with E-state index in [-0.39, 0.29) is 5.56 Å². The van der Waals surface area contributed by atoms with Crippen LogP contribution in [0.5, 0.6) is 5.75 Å².